The van der Waals surface area contributed by atoms with Gasteiger partial charge in [0.15, 0.2) is 0 Å². The maximum Gasteiger partial charge on any atom is 0.231 e. The van der Waals surface area contributed by atoms with Crippen LogP contribution in [0.4, 0.5) is 5.95 Å². The Morgan fingerprint density at radius 2 is 1.80 bits per heavy atom. The summed E-state index contributed by atoms with van der Waals surface area (Å²) in [5.41, 5.74) is 0. The number of ether oxygens (including phenoxy) is 2. The highest BCUT2D eigenvalue weighted by Crippen LogP contribution is 2.19. The van der Waals surface area contributed by atoms with Gasteiger partial charge in [-0.1, -0.05) is 15.9 Å². The van der Waals surface area contributed by atoms with Crippen LogP contribution in [-0.4, -0.2) is 43.1 Å². The predicted molar refractivity (Wildman–Crippen MR) is 62.2 cm³/mol. The number of alkyl halides is 1. The first-order chi connectivity index (χ1) is 7.21. The van der Waals surface area contributed by atoms with E-state index in [9.17, 15) is 0 Å². The first kappa shape index (κ1) is 12.0. The van der Waals surface area contributed by atoms with Crippen LogP contribution in [0.25, 0.3) is 0 Å². The lowest BCUT2D eigenvalue weighted by atomic mass is 10.5. The van der Waals surface area contributed by atoms with E-state index in [1.165, 1.54) is 0 Å². The van der Waals surface area contributed by atoms with Crippen molar-refractivity contribution in [2.45, 2.75) is 0 Å². The van der Waals surface area contributed by atoms with E-state index in [0.29, 0.717) is 17.7 Å². The SMILES string of the molecule is COc1cc(OC)nc(N(C)CCBr)n1. The van der Waals surface area contributed by atoms with Crippen LogP contribution in [0.5, 0.6) is 11.8 Å². The second kappa shape index (κ2) is 5.75. The molecule has 1 aromatic rings. The van der Waals surface area contributed by atoms with Crippen LogP contribution in [0, 0.1) is 0 Å². The van der Waals surface area contributed by atoms with Crippen molar-refractivity contribution >= 4 is 21.9 Å². The molecule has 15 heavy (non-hydrogen) atoms. The molecular formula is C9H14BrN3O2. The highest BCUT2D eigenvalue weighted by molar-refractivity contribution is 9.09. The zero-order chi connectivity index (χ0) is 11.3. The Balaban J connectivity index is 2.95. The fourth-order valence-corrected chi connectivity index (χ4v) is 1.53. The van der Waals surface area contributed by atoms with E-state index in [0.717, 1.165) is 11.9 Å². The van der Waals surface area contributed by atoms with Gasteiger partial charge in [-0.2, -0.15) is 9.97 Å². The average Bonchev–Trinajstić information content (AvgIpc) is 2.28. The molecule has 0 fully saturated rings. The Labute approximate surface area is 97.5 Å². The molecular weight excluding hydrogens is 262 g/mol. The van der Waals surface area contributed by atoms with Gasteiger partial charge in [0.05, 0.1) is 20.3 Å². The summed E-state index contributed by atoms with van der Waals surface area (Å²) in [7, 11) is 5.04. The maximum atomic E-state index is 5.06. The molecule has 0 spiro atoms. The van der Waals surface area contributed by atoms with Crippen molar-refractivity contribution < 1.29 is 9.47 Å². The zero-order valence-corrected chi connectivity index (χ0v) is 10.6. The molecule has 6 heteroatoms. The number of hydrogen-bond acceptors (Lipinski definition) is 5. The van der Waals surface area contributed by atoms with Crippen molar-refractivity contribution in [2.75, 3.05) is 38.0 Å². The van der Waals surface area contributed by atoms with Crippen LogP contribution in [0.2, 0.25) is 0 Å². The fourth-order valence-electron chi connectivity index (χ4n) is 0.999. The fraction of sp³-hybridized carbons (Fsp3) is 0.556. The monoisotopic (exact) mass is 275 g/mol. The molecule has 0 saturated heterocycles. The number of nitrogens with zero attached hydrogens (tertiary/aromatic N) is 3. The number of anilines is 1. The van der Waals surface area contributed by atoms with Crippen LogP contribution in [0.3, 0.4) is 0 Å². The zero-order valence-electron chi connectivity index (χ0n) is 9.03. The summed E-state index contributed by atoms with van der Waals surface area (Å²) in [5, 5.41) is 0.854. The third-order valence-electron chi connectivity index (χ3n) is 1.85. The van der Waals surface area contributed by atoms with Gasteiger partial charge in [0, 0.05) is 18.9 Å². The summed E-state index contributed by atoms with van der Waals surface area (Å²) in [4.78, 5) is 10.3. The molecule has 0 unspecified atom stereocenters. The predicted octanol–water partition coefficient (Wildman–Crippen LogP) is 1.32. The minimum absolute atomic E-state index is 0.498. The lowest BCUT2D eigenvalue weighted by Crippen LogP contribution is -2.22. The topological polar surface area (TPSA) is 47.5 Å². The molecule has 1 aromatic heterocycles. The van der Waals surface area contributed by atoms with Crippen LogP contribution in [0.15, 0.2) is 6.07 Å². The second-order valence-electron chi connectivity index (χ2n) is 2.86. The van der Waals surface area contributed by atoms with Gasteiger partial charge in [-0.3, -0.25) is 0 Å². The normalized spacial score (nSPS) is 9.87. The largest absolute Gasteiger partial charge is 0.481 e. The summed E-state index contributed by atoms with van der Waals surface area (Å²) in [6.45, 7) is 0.816. The number of aromatic nitrogens is 2. The molecule has 1 rings (SSSR count). The third-order valence-corrected chi connectivity index (χ3v) is 2.20. The Hall–Kier alpha value is -1.04. The standard InChI is InChI=1S/C9H14BrN3O2/c1-13(5-4-10)9-11-7(14-2)6-8(12-9)15-3/h6H,4-5H2,1-3H3. The number of halogens is 1. The highest BCUT2D eigenvalue weighted by Gasteiger charge is 2.08. The molecule has 0 N–H and O–H groups in total. The summed E-state index contributed by atoms with van der Waals surface area (Å²) in [5.74, 6) is 1.59. The van der Waals surface area contributed by atoms with Crippen molar-refractivity contribution in [3.05, 3.63) is 6.07 Å². The minimum atomic E-state index is 0.498. The molecule has 0 radical (unpaired) electrons. The average molecular weight is 276 g/mol. The Kier molecular flexibility index (Phi) is 4.61. The minimum Gasteiger partial charge on any atom is -0.481 e. The van der Waals surface area contributed by atoms with Crippen molar-refractivity contribution in [1.82, 2.24) is 9.97 Å². The molecule has 0 saturated carbocycles. The summed E-state index contributed by atoms with van der Waals surface area (Å²) >= 11 is 3.36. The van der Waals surface area contributed by atoms with E-state index in [1.807, 2.05) is 11.9 Å². The first-order valence-electron chi connectivity index (χ1n) is 4.45. The van der Waals surface area contributed by atoms with E-state index in [2.05, 4.69) is 25.9 Å². The van der Waals surface area contributed by atoms with Gasteiger partial charge in [0.25, 0.3) is 0 Å². The van der Waals surface area contributed by atoms with E-state index in [4.69, 9.17) is 9.47 Å². The molecule has 84 valence electrons. The quantitative estimate of drug-likeness (QED) is 0.759. The summed E-state index contributed by atoms with van der Waals surface area (Å²) < 4.78 is 10.1. The summed E-state index contributed by atoms with van der Waals surface area (Å²) in [6.07, 6.45) is 0. The van der Waals surface area contributed by atoms with Gasteiger partial charge in [-0.25, -0.2) is 0 Å². The van der Waals surface area contributed by atoms with Crippen molar-refractivity contribution in [3.63, 3.8) is 0 Å². The Bertz CT molecular complexity index is 300. The Morgan fingerprint density at radius 3 is 2.20 bits per heavy atom. The van der Waals surface area contributed by atoms with Gasteiger partial charge in [-0.05, 0) is 0 Å². The van der Waals surface area contributed by atoms with Gasteiger partial charge in [0.2, 0.25) is 17.7 Å². The Morgan fingerprint density at radius 1 is 1.27 bits per heavy atom. The lowest BCUT2D eigenvalue weighted by molar-refractivity contribution is 0.372. The second-order valence-corrected chi connectivity index (χ2v) is 3.66. The van der Waals surface area contributed by atoms with Crippen LogP contribution < -0.4 is 14.4 Å². The van der Waals surface area contributed by atoms with E-state index in [-0.39, 0.29) is 0 Å². The molecule has 0 aliphatic rings. The lowest BCUT2D eigenvalue weighted by Gasteiger charge is -2.16. The molecule has 5 nitrogen and oxygen atoms in total. The van der Waals surface area contributed by atoms with Crippen molar-refractivity contribution in [2.24, 2.45) is 0 Å². The van der Waals surface area contributed by atoms with Crippen LogP contribution in [0.1, 0.15) is 0 Å². The molecule has 0 atom stereocenters. The molecule has 0 amide bonds. The van der Waals surface area contributed by atoms with Crippen LogP contribution >= 0.6 is 15.9 Å². The summed E-state index contributed by atoms with van der Waals surface area (Å²) in [6, 6.07) is 1.64. The highest BCUT2D eigenvalue weighted by atomic mass is 79.9. The third kappa shape index (κ3) is 3.23. The smallest absolute Gasteiger partial charge is 0.231 e. The number of methoxy groups -OCH3 is 2. The first-order valence-corrected chi connectivity index (χ1v) is 5.57. The van der Waals surface area contributed by atoms with Crippen molar-refractivity contribution in [1.29, 1.82) is 0 Å². The van der Waals surface area contributed by atoms with Gasteiger partial charge < -0.3 is 14.4 Å². The molecule has 0 bridgehead atoms. The maximum absolute atomic E-state index is 5.06. The van der Waals surface area contributed by atoms with Gasteiger partial charge in [0.1, 0.15) is 0 Å². The van der Waals surface area contributed by atoms with Crippen molar-refractivity contribution in [3.8, 4) is 11.8 Å². The molecule has 1 heterocycles. The van der Waals surface area contributed by atoms with E-state index < -0.39 is 0 Å². The number of rotatable bonds is 5. The molecule has 0 aliphatic heterocycles. The molecule has 0 aromatic carbocycles. The number of hydrogen-bond donors (Lipinski definition) is 0. The van der Waals surface area contributed by atoms with Gasteiger partial charge in [-0.15, -0.1) is 0 Å². The molecule has 0 aliphatic carbocycles. The van der Waals surface area contributed by atoms with Crippen LogP contribution in [-0.2, 0) is 0 Å². The van der Waals surface area contributed by atoms with E-state index in [1.54, 1.807) is 20.3 Å². The van der Waals surface area contributed by atoms with E-state index >= 15 is 0 Å². The van der Waals surface area contributed by atoms with Gasteiger partial charge >= 0.3 is 0 Å².